The topological polar surface area (TPSA) is 122 Å². The number of hydrogen-bond acceptors (Lipinski definition) is 8. The molecule has 3 rings (SSSR count). The number of ether oxygens (including phenoxy) is 4. The van der Waals surface area contributed by atoms with E-state index in [0.29, 0.717) is 5.75 Å². The Bertz CT molecular complexity index is 1240. The second-order valence-electron chi connectivity index (χ2n) is 5.84. The first-order valence-corrected chi connectivity index (χ1v) is 9.61. The van der Waals surface area contributed by atoms with Gasteiger partial charge in [-0.2, -0.15) is 8.42 Å². The third-order valence-corrected chi connectivity index (χ3v) is 5.13. The first-order valence-electron chi connectivity index (χ1n) is 8.17. The van der Waals surface area contributed by atoms with Gasteiger partial charge in [-0.25, -0.2) is 0 Å². The molecule has 1 N–H and O–H groups in total. The summed E-state index contributed by atoms with van der Waals surface area (Å²) in [7, 11) is 0.798. The molecule has 0 aliphatic rings. The van der Waals surface area contributed by atoms with Crippen LogP contribution in [0.2, 0.25) is 0 Å². The van der Waals surface area contributed by atoms with Crippen LogP contribution in [0.4, 0.5) is 0 Å². The van der Waals surface area contributed by atoms with Crippen molar-refractivity contribution in [3.8, 4) is 34.3 Å². The minimum Gasteiger partial charge on any atom is -0.496 e. The first-order chi connectivity index (χ1) is 13.7. The van der Waals surface area contributed by atoms with Crippen LogP contribution in [0.15, 0.2) is 44.4 Å². The van der Waals surface area contributed by atoms with Crippen LogP contribution in [0.5, 0.6) is 23.0 Å². The van der Waals surface area contributed by atoms with E-state index in [9.17, 15) is 17.8 Å². The van der Waals surface area contributed by atoms with Crippen molar-refractivity contribution in [2.24, 2.45) is 0 Å². The van der Waals surface area contributed by atoms with Crippen LogP contribution in [0.1, 0.15) is 0 Å². The zero-order valence-corrected chi connectivity index (χ0v) is 16.8. The SMILES string of the molecule is COc1cc(OC)c2c(=O)c(OC)c(-c3ccc(OC)c(S(=O)(=O)O)c3)oc2c1. The van der Waals surface area contributed by atoms with Gasteiger partial charge in [0.05, 0.1) is 28.4 Å². The summed E-state index contributed by atoms with van der Waals surface area (Å²) in [5.41, 5.74) is -0.199. The Morgan fingerprint density at radius 1 is 0.897 bits per heavy atom. The van der Waals surface area contributed by atoms with Gasteiger partial charge >= 0.3 is 0 Å². The van der Waals surface area contributed by atoms with Crippen LogP contribution in [-0.2, 0) is 10.1 Å². The molecule has 0 fully saturated rings. The molecule has 0 amide bonds. The minimum absolute atomic E-state index is 0.0344. The quantitative estimate of drug-likeness (QED) is 0.598. The van der Waals surface area contributed by atoms with Crippen LogP contribution in [0, 0.1) is 0 Å². The van der Waals surface area contributed by atoms with Gasteiger partial charge in [0.15, 0.2) is 5.76 Å². The van der Waals surface area contributed by atoms with E-state index in [4.69, 9.17) is 23.4 Å². The number of hydrogen-bond donors (Lipinski definition) is 1. The lowest BCUT2D eigenvalue weighted by atomic mass is 10.1. The third kappa shape index (κ3) is 3.59. The zero-order chi connectivity index (χ0) is 21.3. The summed E-state index contributed by atoms with van der Waals surface area (Å²) in [6.07, 6.45) is 0. The molecular weight excluding hydrogens is 404 g/mol. The van der Waals surface area contributed by atoms with E-state index in [1.54, 1.807) is 0 Å². The van der Waals surface area contributed by atoms with Gasteiger partial charge in [0, 0.05) is 17.7 Å². The van der Waals surface area contributed by atoms with Crippen molar-refractivity contribution in [3.63, 3.8) is 0 Å². The maximum absolute atomic E-state index is 13.0. The van der Waals surface area contributed by atoms with E-state index in [0.717, 1.165) is 6.07 Å². The Morgan fingerprint density at radius 2 is 1.59 bits per heavy atom. The van der Waals surface area contributed by atoms with Gasteiger partial charge < -0.3 is 23.4 Å². The lowest BCUT2D eigenvalue weighted by Gasteiger charge is -2.13. The van der Waals surface area contributed by atoms with E-state index in [-0.39, 0.29) is 39.5 Å². The molecule has 0 radical (unpaired) electrons. The summed E-state index contributed by atoms with van der Waals surface area (Å²) in [5.74, 6) is 0.357. The van der Waals surface area contributed by atoms with Crippen LogP contribution >= 0.6 is 0 Å². The van der Waals surface area contributed by atoms with Gasteiger partial charge in [-0.05, 0) is 18.2 Å². The van der Waals surface area contributed by atoms with Crippen molar-refractivity contribution in [3.05, 3.63) is 40.6 Å². The summed E-state index contributed by atoms with van der Waals surface area (Å²) in [6.45, 7) is 0. The molecule has 1 aromatic heterocycles. The molecule has 0 saturated carbocycles. The lowest BCUT2D eigenvalue weighted by molar-refractivity contribution is 0.388. The molecule has 0 atom stereocenters. The fourth-order valence-electron chi connectivity index (χ4n) is 2.92. The molecule has 2 aromatic carbocycles. The Balaban J connectivity index is 2.40. The largest absolute Gasteiger partial charge is 0.496 e. The number of methoxy groups -OCH3 is 4. The standard InChI is InChI=1S/C19H18O9S/c1-24-11-8-13(26-3)16-14(9-11)28-18(19(27-4)17(16)20)10-5-6-12(25-2)15(7-10)29(21,22)23/h5-9H,1-4H3,(H,21,22,23). The van der Waals surface area contributed by atoms with Crippen LogP contribution in [0.3, 0.4) is 0 Å². The molecule has 0 aliphatic heterocycles. The summed E-state index contributed by atoms with van der Waals surface area (Å²) < 4.78 is 59.5. The molecule has 10 heteroatoms. The number of benzene rings is 2. The average Bonchev–Trinajstić information content (AvgIpc) is 2.71. The second kappa shape index (κ2) is 7.64. The predicted octanol–water partition coefficient (Wildman–Crippen LogP) is 2.74. The monoisotopic (exact) mass is 422 g/mol. The highest BCUT2D eigenvalue weighted by Crippen LogP contribution is 2.38. The van der Waals surface area contributed by atoms with E-state index >= 15 is 0 Å². The van der Waals surface area contributed by atoms with Gasteiger partial charge in [0.25, 0.3) is 10.1 Å². The fourth-order valence-corrected chi connectivity index (χ4v) is 3.60. The molecule has 3 aromatic rings. The van der Waals surface area contributed by atoms with E-state index in [1.807, 2.05) is 0 Å². The van der Waals surface area contributed by atoms with Gasteiger partial charge in [-0.3, -0.25) is 9.35 Å². The van der Waals surface area contributed by atoms with Crippen molar-refractivity contribution in [1.29, 1.82) is 0 Å². The van der Waals surface area contributed by atoms with E-state index in [2.05, 4.69) is 0 Å². The Labute approximate surface area is 166 Å². The summed E-state index contributed by atoms with van der Waals surface area (Å²) >= 11 is 0. The summed E-state index contributed by atoms with van der Waals surface area (Å²) in [6, 6.07) is 6.95. The Morgan fingerprint density at radius 3 is 2.14 bits per heavy atom. The number of fused-ring (bicyclic) bond motifs is 1. The molecule has 1 heterocycles. The lowest BCUT2D eigenvalue weighted by Crippen LogP contribution is -2.09. The van der Waals surface area contributed by atoms with Crippen LogP contribution in [0.25, 0.3) is 22.3 Å². The maximum atomic E-state index is 13.0. The van der Waals surface area contributed by atoms with Crippen molar-refractivity contribution < 1.29 is 36.3 Å². The third-order valence-electron chi connectivity index (χ3n) is 4.25. The van der Waals surface area contributed by atoms with Gasteiger partial charge in [0.2, 0.25) is 11.2 Å². The molecule has 9 nitrogen and oxygen atoms in total. The first kappa shape index (κ1) is 20.5. The maximum Gasteiger partial charge on any atom is 0.298 e. The van der Waals surface area contributed by atoms with Gasteiger partial charge in [-0.1, -0.05) is 0 Å². The highest BCUT2D eigenvalue weighted by molar-refractivity contribution is 7.86. The van der Waals surface area contributed by atoms with Crippen molar-refractivity contribution >= 4 is 21.1 Å². The normalized spacial score (nSPS) is 11.3. The van der Waals surface area contributed by atoms with Gasteiger partial charge in [-0.15, -0.1) is 0 Å². The van der Waals surface area contributed by atoms with Crippen molar-refractivity contribution in [1.82, 2.24) is 0 Å². The van der Waals surface area contributed by atoms with Crippen LogP contribution in [-0.4, -0.2) is 41.4 Å². The van der Waals surface area contributed by atoms with E-state index < -0.39 is 20.4 Å². The average molecular weight is 422 g/mol. The van der Waals surface area contributed by atoms with Crippen molar-refractivity contribution in [2.75, 3.05) is 28.4 Å². The van der Waals surface area contributed by atoms with Crippen LogP contribution < -0.4 is 24.4 Å². The Kier molecular flexibility index (Phi) is 5.40. The highest BCUT2D eigenvalue weighted by atomic mass is 32.2. The molecule has 29 heavy (non-hydrogen) atoms. The molecule has 0 unspecified atom stereocenters. The Hall–Kier alpha value is -3.24. The summed E-state index contributed by atoms with van der Waals surface area (Å²) in [4.78, 5) is 12.6. The molecular formula is C19H18O9S. The smallest absolute Gasteiger partial charge is 0.298 e. The molecule has 0 bridgehead atoms. The van der Waals surface area contributed by atoms with Crippen molar-refractivity contribution in [2.45, 2.75) is 4.90 Å². The second-order valence-corrected chi connectivity index (χ2v) is 7.23. The molecule has 0 saturated heterocycles. The molecule has 154 valence electrons. The molecule has 0 spiro atoms. The predicted molar refractivity (Wildman–Crippen MR) is 104 cm³/mol. The highest BCUT2D eigenvalue weighted by Gasteiger charge is 2.24. The van der Waals surface area contributed by atoms with E-state index in [1.165, 1.54) is 52.7 Å². The fraction of sp³-hybridized carbons (Fsp3) is 0.211. The van der Waals surface area contributed by atoms with Gasteiger partial charge in [0.1, 0.15) is 33.1 Å². The number of rotatable bonds is 6. The zero-order valence-electron chi connectivity index (χ0n) is 16.0. The summed E-state index contributed by atoms with van der Waals surface area (Å²) in [5, 5.41) is 0.136. The molecule has 0 aliphatic carbocycles. The minimum atomic E-state index is -4.60.